The van der Waals surface area contributed by atoms with Crippen LogP contribution in [-0.2, 0) is 4.79 Å². The number of anilines is 1. The number of thiazole rings is 1. The molecule has 2 aromatic carbocycles. The monoisotopic (exact) mass is 485 g/mol. The van der Waals surface area contributed by atoms with Crippen molar-refractivity contribution >= 4 is 29.0 Å². The summed E-state index contributed by atoms with van der Waals surface area (Å²) in [7, 11) is 1.61. The van der Waals surface area contributed by atoms with E-state index < -0.39 is 6.04 Å². The van der Waals surface area contributed by atoms with Gasteiger partial charge in [0.05, 0.1) is 22.9 Å². The second kappa shape index (κ2) is 9.23. The van der Waals surface area contributed by atoms with E-state index in [2.05, 4.69) is 10.3 Å². The molecule has 4 aromatic rings. The number of furan rings is 1. The number of ether oxygens (including phenoxy) is 1. The van der Waals surface area contributed by atoms with Crippen molar-refractivity contribution in [1.29, 1.82) is 0 Å². The van der Waals surface area contributed by atoms with Crippen molar-refractivity contribution in [2.75, 3.05) is 12.4 Å². The molecule has 1 aliphatic rings. The lowest BCUT2D eigenvalue weighted by atomic mass is 10.00. The Balaban J connectivity index is 1.64. The number of rotatable bonds is 5. The summed E-state index contributed by atoms with van der Waals surface area (Å²) >= 11 is 1.28. The molecule has 0 aliphatic carbocycles. The highest BCUT2D eigenvalue weighted by Crippen LogP contribution is 2.31. The van der Waals surface area contributed by atoms with Gasteiger partial charge in [0.2, 0.25) is 0 Å². The molecule has 7 nitrogen and oxygen atoms in total. The average molecular weight is 486 g/mol. The van der Waals surface area contributed by atoms with Gasteiger partial charge in [0.25, 0.3) is 11.5 Å². The van der Waals surface area contributed by atoms with Crippen LogP contribution in [0.5, 0.6) is 5.75 Å². The molecule has 1 amide bonds. The van der Waals surface area contributed by atoms with Gasteiger partial charge >= 0.3 is 0 Å². The first-order valence-electron chi connectivity index (χ1n) is 11.0. The van der Waals surface area contributed by atoms with Crippen LogP contribution in [-0.4, -0.2) is 17.6 Å². The van der Waals surface area contributed by atoms with Crippen molar-refractivity contribution < 1.29 is 13.9 Å². The number of para-hydroxylation sites is 1. The zero-order chi connectivity index (χ0) is 24.5. The van der Waals surface area contributed by atoms with E-state index in [1.807, 2.05) is 73.7 Å². The number of aromatic nitrogens is 1. The van der Waals surface area contributed by atoms with Crippen LogP contribution in [0.2, 0.25) is 0 Å². The molecule has 0 fully saturated rings. The van der Waals surface area contributed by atoms with Crippen LogP contribution in [0.15, 0.2) is 92.2 Å². The fraction of sp³-hybridized carbons (Fsp3) is 0.148. The van der Waals surface area contributed by atoms with E-state index in [4.69, 9.17) is 9.15 Å². The number of methoxy groups -OCH3 is 1. The van der Waals surface area contributed by atoms with Gasteiger partial charge in [-0.15, -0.1) is 0 Å². The first-order valence-corrected chi connectivity index (χ1v) is 11.9. The molecule has 1 atom stereocenters. The third kappa shape index (κ3) is 4.36. The highest BCUT2D eigenvalue weighted by atomic mass is 32.1. The minimum absolute atomic E-state index is 0.235. The van der Waals surface area contributed by atoms with E-state index in [1.54, 1.807) is 24.7 Å². The first kappa shape index (κ1) is 22.6. The van der Waals surface area contributed by atoms with E-state index in [1.165, 1.54) is 11.3 Å². The molecular weight excluding hydrogens is 462 g/mol. The summed E-state index contributed by atoms with van der Waals surface area (Å²) in [4.78, 5) is 32.2. The average Bonchev–Trinajstić information content (AvgIpc) is 3.42. The Bertz CT molecular complexity index is 1610. The fourth-order valence-corrected chi connectivity index (χ4v) is 5.10. The third-order valence-electron chi connectivity index (χ3n) is 5.74. The highest BCUT2D eigenvalue weighted by molar-refractivity contribution is 7.07. The minimum atomic E-state index is -0.735. The lowest BCUT2D eigenvalue weighted by Gasteiger charge is -2.23. The smallest absolute Gasteiger partial charge is 0.271 e. The normalized spacial score (nSPS) is 15.5. The minimum Gasteiger partial charge on any atom is -0.497 e. The quantitative estimate of drug-likeness (QED) is 0.466. The Morgan fingerprint density at radius 2 is 1.83 bits per heavy atom. The summed E-state index contributed by atoms with van der Waals surface area (Å²) in [5, 5.41) is 2.93. The van der Waals surface area contributed by atoms with Crippen LogP contribution in [0.25, 0.3) is 6.08 Å². The topological polar surface area (TPSA) is 85.8 Å². The van der Waals surface area contributed by atoms with Gasteiger partial charge in [0.15, 0.2) is 4.80 Å². The number of aryl methyl sites for hydroxylation is 1. The van der Waals surface area contributed by atoms with Crippen LogP contribution in [0, 0.1) is 6.92 Å². The van der Waals surface area contributed by atoms with Gasteiger partial charge in [-0.2, -0.15) is 0 Å². The lowest BCUT2D eigenvalue weighted by molar-refractivity contribution is -0.113. The number of hydrogen-bond donors (Lipinski definition) is 1. The number of carbonyl (C=O) groups excluding carboxylic acids is 1. The van der Waals surface area contributed by atoms with Gasteiger partial charge in [-0.05, 0) is 61.9 Å². The number of carbonyl (C=O) groups is 1. The third-order valence-corrected chi connectivity index (χ3v) is 6.73. The number of allylic oxidation sites excluding steroid dienone is 1. The summed E-state index contributed by atoms with van der Waals surface area (Å²) in [5.41, 5.74) is 2.19. The van der Waals surface area contributed by atoms with Crippen LogP contribution >= 0.6 is 11.3 Å². The maximum atomic E-state index is 13.6. The SMILES string of the molecule is COc1ccc(/C=c2/sc3n(c2=O)[C@H](c2ccc(C)o2)C(C(=O)Nc2ccccc2)=C(C)N=3)cc1. The fourth-order valence-electron chi connectivity index (χ4n) is 4.05. The van der Waals surface area contributed by atoms with Crippen LogP contribution in [0.4, 0.5) is 5.69 Å². The number of nitrogens with one attached hydrogen (secondary N) is 1. The zero-order valence-corrected chi connectivity index (χ0v) is 20.3. The number of hydrogen-bond acceptors (Lipinski definition) is 6. The second-order valence-electron chi connectivity index (χ2n) is 8.12. The van der Waals surface area contributed by atoms with Gasteiger partial charge < -0.3 is 14.5 Å². The van der Waals surface area contributed by atoms with Crippen LogP contribution < -0.4 is 24.9 Å². The van der Waals surface area contributed by atoms with Crippen molar-refractivity contribution in [2.24, 2.45) is 4.99 Å². The molecule has 0 bridgehead atoms. The summed E-state index contributed by atoms with van der Waals surface area (Å²) in [6.07, 6.45) is 1.82. The molecule has 0 saturated heterocycles. The van der Waals surface area contributed by atoms with Crippen molar-refractivity contribution in [3.8, 4) is 5.75 Å². The molecule has 1 N–H and O–H groups in total. The Morgan fingerprint density at radius 1 is 1.09 bits per heavy atom. The molecule has 8 heteroatoms. The number of benzene rings is 2. The highest BCUT2D eigenvalue weighted by Gasteiger charge is 2.34. The van der Waals surface area contributed by atoms with Crippen LogP contribution in [0.3, 0.4) is 0 Å². The van der Waals surface area contributed by atoms with E-state index in [-0.39, 0.29) is 11.5 Å². The van der Waals surface area contributed by atoms with Crippen LogP contribution in [0.1, 0.15) is 30.0 Å². The predicted octanol–water partition coefficient (Wildman–Crippen LogP) is 3.78. The Labute approximate surface area is 205 Å². The zero-order valence-electron chi connectivity index (χ0n) is 19.4. The maximum absolute atomic E-state index is 13.6. The van der Waals surface area contributed by atoms with E-state index in [0.29, 0.717) is 37.8 Å². The maximum Gasteiger partial charge on any atom is 0.271 e. The van der Waals surface area contributed by atoms with Gasteiger partial charge in [0, 0.05) is 5.69 Å². The molecule has 176 valence electrons. The van der Waals surface area contributed by atoms with E-state index in [0.717, 1.165) is 11.3 Å². The van der Waals surface area contributed by atoms with Crippen molar-refractivity contribution in [2.45, 2.75) is 19.9 Å². The second-order valence-corrected chi connectivity index (χ2v) is 9.13. The van der Waals surface area contributed by atoms with E-state index in [9.17, 15) is 9.59 Å². The molecule has 0 spiro atoms. The molecule has 0 saturated carbocycles. The largest absolute Gasteiger partial charge is 0.497 e. The van der Waals surface area contributed by atoms with Gasteiger partial charge in [-0.1, -0.05) is 41.7 Å². The number of fused-ring (bicyclic) bond motifs is 1. The molecule has 0 unspecified atom stereocenters. The van der Waals surface area contributed by atoms with Gasteiger partial charge in [-0.25, -0.2) is 4.99 Å². The van der Waals surface area contributed by atoms with Crippen molar-refractivity contribution in [3.05, 3.63) is 115 Å². The molecular formula is C27H23N3O4S. The van der Waals surface area contributed by atoms with Gasteiger partial charge in [0.1, 0.15) is 23.3 Å². The summed E-state index contributed by atoms with van der Waals surface area (Å²) in [6, 6.07) is 19.5. The van der Waals surface area contributed by atoms with Crippen molar-refractivity contribution in [3.63, 3.8) is 0 Å². The predicted molar refractivity (Wildman–Crippen MR) is 135 cm³/mol. The Kier molecular flexibility index (Phi) is 5.96. The molecule has 0 radical (unpaired) electrons. The summed E-state index contributed by atoms with van der Waals surface area (Å²) in [6.45, 7) is 3.61. The molecule has 3 heterocycles. The molecule has 35 heavy (non-hydrogen) atoms. The number of amides is 1. The first-order chi connectivity index (χ1) is 16.9. The Morgan fingerprint density at radius 3 is 2.49 bits per heavy atom. The van der Waals surface area contributed by atoms with Gasteiger partial charge in [-0.3, -0.25) is 14.2 Å². The number of nitrogens with zero attached hydrogens (tertiary/aromatic N) is 2. The molecule has 5 rings (SSSR count). The summed E-state index contributed by atoms with van der Waals surface area (Å²) < 4.78 is 13.2. The van der Waals surface area contributed by atoms with E-state index >= 15 is 0 Å². The summed E-state index contributed by atoms with van der Waals surface area (Å²) in [5.74, 6) is 1.60. The van der Waals surface area contributed by atoms with Crippen molar-refractivity contribution in [1.82, 2.24) is 4.57 Å². The molecule has 1 aliphatic heterocycles. The standard InChI is InChI=1S/C27H23N3O4S/c1-16-9-14-21(34-16)24-23(25(31)29-19-7-5-4-6-8-19)17(2)28-27-30(24)26(32)22(35-27)15-18-10-12-20(33-3)13-11-18/h4-15,24H,1-3H3,(H,29,31)/b22-15+/t24-/m1/s1. The molecule has 2 aromatic heterocycles. The Hall–Kier alpha value is -4.17. The lowest BCUT2D eigenvalue weighted by Crippen LogP contribution is -2.40.